The molecule has 0 amide bonds. The second-order valence-electron chi connectivity index (χ2n) is 4.40. The summed E-state index contributed by atoms with van der Waals surface area (Å²) in [5, 5.41) is 12.3. The average molecular weight is 284 g/mol. The molecule has 0 aliphatic carbocycles. The van der Waals surface area contributed by atoms with Gasteiger partial charge < -0.3 is 9.63 Å². The van der Waals surface area contributed by atoms with E-state index in [0.29, 0.717) is 0 Å². The first kappa shape index (κ1) is 13.5. The highest BCUT2D eigenvalue weighted by Crippen LogP contribution is 2.31. The summed E-state index contributed by atoms with van der Waals surface area (Å²) in [5.74, 6) is -2.09. The molecule has 19 heavy (non-hydrogen) atoms. The van der Waals surface area contributed by atoms with Crippen molar-refractivity contribution in [3.05, 3.63) is 40.4 Å². The SMILES string of the molecule is CC(C)c1cc(Cl)c(F)c(-c2cc(C(=O)O)on2)c1. The number of hydrogen-bond donors (Lipinski definition) is 1. The van der Waals surface area contributed by atoms with Crippen LogP contribution in [-0.2, 0) is 0 Å². The quantitative estimate of drug-likeness (QED) is 0.926. The summed E-state index contributed by atoms with van der Waals surface area (Å²) in [5.41, 5.74) is 1.08. The monoisotopic (exact) mass is 283 g/mol. The molecule has 0 atom stereocenters. The molecule has 1 aromatic heterocycles. The van der Waals surface area contributed by atoms with Crippen LogP contribution in [0.15, 0.2) is 22.7 Å². The van der Waals surface area contributed by atoms with Gasteiger partial charge in [-0.2, -0.15) is 0 Å². The van der Waals surface area contributed by atoms with Gasteiger partial charge in [-0.15, -0.1) is 0 Å². The molecule has 0 unspecified atom stereocenters. The van der Waals surface area contributed by atoms with Gasteiger partial charge in [-0.1, -0.05) is 30.6 Å². The summed E-state index contributed by atoms with van der Waals surface area (Å²) in [6.07, 6.45) is 0. The van der Waals surface area contributed by atoms with Crippen LogP contribution in [0.5, 0.6) is 0 Å². The van der Waals surface area contributed by atoms with E-state index in [9.17, 15) is 9.18 Å². The van der Waals surface area contributed by atoms with Crippen molar-refractivity contribution in [3.8, 4) is 11.3 Å². The van der Waals surface area contributed by atoms with E-state index in [1.807, 2.05) is 13.8 Å². The van der Waals surface area contributed by atoms with Crippen LogP contribution >= 0.6 is 11.6 Å². The zero-order valence-electron chi connectivity index (χ0n) is 10.3. The zero-order chi connectivity index (χ0) is 14.2. The van der Waals surface area contributed by atoms with E-state index < -0.39 is 11.8 Å². The predicted octanol–water partition coefficient (Wildman–Crippen LogP) is 3.96. The fourth-order valence-electron chi connectivity index (χ4n) is 1.63. The topological polar surface area (TPSA) is 63.3 Å². The van der Waals surface area contributed by atoms with E-state index in [2.05, 4.69) is 9.68 Å². The van der Waals surface area contributed by atoms with Gasteiger partial charge in [0.1, 0.15) is 5.69 Å². The molecule has 2 aromatic rings. The molecule has 0 saturated carbocycles. The Morgan fingerprint density at radius 2 is 2.11 bits per heavy atom. The van der Waals surface area contributed by atoms with Crippen LogP contribution in [0.2, 0.25) is 5.02 Å². The van der Waals surface area contributed by atoms with Gasteiger partial charge in [0, 0.05) is 11.6 Å². The second-order valence-corrected chi connectivity index (χ2v) is 4.81. The molecule has 100 valence electrons. The van der Waals surface area contributed by atoms with Crippen molar-refractivity contribution >= 4 is 17.6 Å². The average Bonchev–Trinajstić information content (AvgIpc) is 2.81. The minimum absolute atomic E-state index is 0.0268. The third-order valence-electron chi connectivity index (χ3n) is 2.71. The first-order chi connectivity index (χ1) is 8.90. The van der Waals surface area contributed by atoms with E-state index in [4.69, 9.17) is 16.7 Å². The van der Waals surface area contributed by atoms with Crippen LogP contribution in [0.3, 0.4) is 0 Å². The normalized spacial score (nSPS) is 11.0. The van der Waals surface area contributed by atoms with Gasteiger partial charge in [-0.05, 0) is 23.6 Å². The number of aromatic carboxylic acids is 1. The highest BCUT2D eigenvalue weighted by atomic mass is 35.5. The van der Waals surface area contributed by atoms with Gasteiger partial charge >= 0.3 is 5.97 Å². The van der Waals surface area contributed by atoms with Crippen molar-refractivity contribution < 1.29 is 18.8 Å². The third kappa shape index (κ3) is 2.61. The number of aromatic nitrogens is 1. The fourth-order valence-corrected chi connectivity index (χ4v) is 1.86. The smallest absolute Gasteiger partial charge is 0.374 e. The molecule has 0 radical (unpaired) electrons. The molecule has 0 saturated heterocycles. The van der Waals surface area contributed by atoms with Crippen molar-refractivity contribution in [1.82, 2.24) is 5.16 Å². The Bertz CT molecular complexity index is 637. The van der Waals surface area contributed by atoms with Crippen LogP contribution < -0.4 is 0 Å². The molecular formula is C13H11ClFNO3. The number of rotatable bonds is 3. The molecule has 1 heterocycles. The number of carboxylic acids is 1. The Morgan fingerprint density at radius 1 is 1.42 bits per heavy atom. The first-order valence-electron chi connectivity index (χ1n) is 5.59. The Morgan fingerprint density at radius 3 is 2.63 bits per heavy atom. The maximum Gasteiger partial charge on any atom is 0.374 e. The lowest BCUT2D eigenvalue weighted by molar-refractivity contribution is 0.0652. The van der Waals surface area contributed by atoms with Gasteiger partial charge in [0.05, 0.1) is 5.02 Å². The van der Waals surface area contributed by atoms with E-state index in [1.165, 1.54) is 6.07 Å². The number of nitrogens with zero attached hydrogens (tertiary/aromatic N) is 1. The van der Waals surface area contributed by atoms with E-state index >= 15 is 0 Å². The predicted molar refractivity (Wildman–Crippen MR) is 68.0 cm³/mol. The molecule has 0 fully saturated rings. The first-order valence-corrected chi connectivity index (χ1v) is 5.97. The van der Waals surface area contributed by atoms with Crippen LogP contribution in [0, 0.1) is 5.82 Å². The summed E-state index contributed by atoms with van der Waals surface area (Å²) >= 11 is 5.83. The highest BCUT2D eigenvalue weighted by molar-refractivity contribution is 6.31. The Labute approximate surface area is 113 Å². The summed E-state index contributed by atoms with van der Waals surface area (Å²) in [6.45, 7) is 3.89. The zero-order valence-corrected chi connectivity index (χ0v) is 11.0. The summed E-state index contributed by atoms with van der Waals surface area (Å²) in [7, 11) is 0. The van der Waals surface area contributed by atoms with E-state index in [-0.39, 0.29) is 28.0 Å². The molecular weight excluding hydrogens is 273 g/mol. The number of benzene rings is 1. The standard InChI is InChI=1S/C13H11ClFNO3/c1-6(2)7-3-8(12(15)9(14)4-7)10-5-11(13(17)18)19-16-10/h3-6H,1-2H3,(H,17,18). The largest absolute Gasteiger partial charge is 0.475 e. The van der Waals surface area contributed by atoms with Crippen molar-refractivity contribution in [2.75, 3.05) is 0 Å². The molecule has 0 bridgehead atoms. The second kappa shape index (κ2) is 5.01. The maximum atomic E-state index is 14.0. The molecule has 0 spiro atoms. The summed E-state index contributed by atoms with van der Waals surface area (Å²) < 4.78 is 18.6. The minimum atomic E-state index is -1.26. The van der Waals surface area contributed by atoms with Gasteiger partial charge in [-0.3, -0.25) is 0 Å². The Hall–Kier alpha value is -1.88. The van der Waals surface area contributed by atoms with Gasteiger partial charge in [0.25, 0.3) is 0 Å². The van der Waals surface area contributed by atoms with Gasteiger partial charge in [-0.25, -0.2) is 9.18 Å². The molecule has 0 aliphatic rings. The van der Waals surface area contributed by atoms with Gasteiger partial charge in [0.2, 0.25) is 5.76 Å². The van der Waals surface area contributed by atoms with Crippen molar-refractivity contribution in [2.24, 2.45) is 0 Å². The van der Waals surface area contributed by atoms with Crippen LogP contribution in [0.4, 0.5) is 4.39 Å². The number of halogens is 2. The molecule has 1 aromatic carbocycles. The van der Waals surface area contributed by atoms with Crippen LogP contribution in [0.1, 0.15) is 35.9 Å². The summed E-state index contributed by atoms with van der Waals surface area (Å²) in [6, 6.07) is 4.31. The van der Waals surface area contributed by atoms with Crippen molar-refractivity contribution in [1.29, 1.82) is 0 Å². The molecule has 4 nitrogen and oxygen atoms in total. The molecule has 0 aliphatic heterocycles. The maximum absolute atomic E-state index is 14.0. The highest BCUT2D eigenvalue weighted by Gasteiger charge is 2.18. The van der Waals surface area contributed by atoms with E-state index in [1.54, 1.807) is 12.1 Å². The number of carboxylic acid groups (broad SMARTS) is 1. The minimum Gasteiger partial charge on any atom is -0.475 e. The third-order valence-corrected chi connectivity index (χ3v) is 2.99. The summed E-state index contributed by atoms with van der Waals surface area (Å²) in [4.78, 5) is 10.7. The van der Waals surface area contributed by atoms with Crippen LogP contribution in [-0.4, -0.2) is 16.2 Å². The number of hydrogen-bond acceptors (Lipinski definition) is 3. The van der Waals surface area contributed by atoms with Gasteiger partial charge in [0.15, 0.2) is 5.82 Å². The number of carbonyl (C=O) groups is 1. The molecule has 6 heteroatoms. The van der Waals surface area contributed by atoms with Crippen LogP contribution in [0.25, 0.3) is 11.3 Å². The molecule has 1 N–H and O–H groups in total. The Balaban J connectivity index is 2.56. The fraction of sp³-hybridized carbons (Fsp3) is 0.231. The Kier molecular flexibility index (Phi) is 3.57. The lowest BCUT2D eigenvalue weighted by Crippen LogP contribution is -1.94. The van der Waals surface area contributed by atoms with E-state index in [0.717, 1.165) is 5.56 Å². The lowest BCUT2D eigenvalue weighted by Gasteiger charge is -2.09. The molecule has 2 rings (SSSR count). The van der Waals surface area contributed by atoms with Crippen molar-refractivity contribution in [2.45, 2.75) is 19.8 Å². The lowest BCUT2D eigenvalue weighted by atomic mass is 9.99. The van der Waals surface area contributed by atoms with Crippen molar-refractivity contribution in [3.63, 3.8) is 0 Å².